The van der Waals surface area contributed by atoms with Crippen LogP contribution in [0, 0.1) is 6.92 Å². The van der Waals surface area contributed by atoms with E-state index in [9.17, 15) is 4.79 Å². The van der Waals surface area contributed by atoms with Crippen molar-refractivity contribution in [1.82, 2.24) is 5.32 Å². The van der Waals surface area contributed by atoms with Gasteiger partial charge in [-0.15, -0.1) is 0 Å². The highest BCUT2D eigenvalue weighted by atomic mass is 79.9. The number of halogens is 2. The molecule has 98 valence electrons. The normalized spacial score (nSPS) is 11.8. The van der Waals surface area contributed by atoms with Gasteiger partial charge in [0.25, 0.3) is 5.91 Å². The average molecular weight is 333 g/mol. The summed E-state index contributed by atoms with van der Waals surface area (Å²) in [6, 6.07) is 5.29. The number of hydrogen-bond donors (Lipinski definition) is 1. The Kier molecular flexibility index (Phi) is 5.69. The van der Waals surface area contributed by atoms with Gasteiger partial charge in [-0.1, -0.05) is 34.1 Å². The van der Waals surface area contributed by atoms with Gasteiger partial charge in [0.15, 0.2) is 6.10 Å². The van der Waals surface area contributed by atoms with Crippen LogP contribution >= 0.6 is 27.5 Å². The summed E-state index contributed by atoms with van der Waals surface area (Å²) < 4.78 is 6.24. The number of hydrogen-bond acceptors (Lipinski definition) is 2. The monoisotopic (exact) mass is 331 g/mol. The van der Waals surface area contributed by atoms with Gasteiger partial charge in [0.2, 0.25) is 0 Å². The molecule has 0 aliphatic rings. The lowest BCUT2D eigenvalue weighted by Crippen LogP contribution is -2.36. The van der Waals surface area contributed by atoms with Crippen LogP contribution in [0.4, 0.5) is 0 Å². The maximum Gasteiger partial charge on any atom is 0.261 e. The third kappa shape index (κ3) is 4.70. The van der Waals surface area contributed by atoms with Crippen LogP contribution in [0.25, 0.3) is 0 Å². The first-order valence-electron chi connectivity index (χ1n) is 5.44. The zero-order valence-electron chi connectivity index (χ0n) is 10.3. The van der Waals surface area contributed by atoms with E-state index < -0.39 is 6.10 Å². The van der Waals surface area contributed by atoms with E-state index in [1.54, 1.807) is 25.1 Å². The molecule has 0 spiro atoms. The molecule has 0 aromatic heterocycles. The average Bonchev–Trinajstić information content (AvgIpc) is 2.30. The summed E-state index contributed by atoms with van der Waals surface area (Å²) >= 11 is 9.09. The molecule has 1 amide bonds. The fraction of sp³-hybridized carbons (Fsp3) is 0.308. The molecule has 3 nitrogen and oxygen atoms in total. The quantitative estimate of drug-likeness (QED) is 0.897. The van der Waals surface area contributed by atoms with Gasteiger partial charge in [-0.2, -0.15) is 0 Å². The maximum atomic E-state index is 11.7. The van der Waals surface area contributed by atoms with E-state index in [-0.39, 0.29) is 5.91 Å². The minimum Gasteiger partial charge on any atom is -0.481 e. The van der Waals surface area contributed by atoms with Gasteiger partial charge >= 0.3 is 0 Å². The molecular formula is C13H15BrClNO2. The van der Waals surface area contributed by atoms with Gasteiger partial charge in [-0.3, -0.25) is 4.79 Å². The van der Waals surface area contributed by atoms with E-state index in [0.29, 0.717) is 21.8 Å². The molecule has 18 heavy (non-hydrogen) atoms. The Hall–Kier alpha value is -1.00. The Morgan fingerprint density at radius 2 is 2.28 bits per heavy atom. The Bertz CT molecular complexity index is 462. The smallest absolute Gasteiger partial charge is 0.261 e. The van der Waals surface area contributed by atoms with Gasteiger partial charge in [0.1, 0.15) is 5.75 Å². The summed E-state index contributed by atoms with van der Waals surface area (Å²) in [4.78, 5) is 11.7. The maximum absolute atomic E-state index is 11.7. The molecule has 0 aliphatic carbocycles. The molecule has 5 heteroatoms. The zero-order valence-corrected chi connectivity index (χ0v) is 12.6. The second kappa shape index (κ2) is 6.81. The predicted molar refractivity (Wildman–Crippen MR) is 77.4 cm³/mol. The fourth-order valence-corrected chi connectivity index (χ4v) is 1.53. The van der Waals surface area contributed by atoms with E-state index in [2.05, 4.69) is 27.8 Å². The van der Waals surface area contributed by atoms with Gasteiger partial charge in [0, 0.05) is 16.0 Å². The Morgan fingerprint density at radius 3 is 2.83 bits per heavy atom. The number of carbonyl (C=O) groups excluding carboxylic acids is 1. The lowest BCUT2D eigenvalue weighted by atomic mass is 10.2. The molecule has 0 aliphatic heterocycles. The minimum atomic E-state index is -0.572. The summed E-state index contributed by atoms with van der Waals surface area (Å²) in [6.07, 6.45) is -0.572. The largest absolute Gasteiger partial charge is 0.481 e. The number of nitrogens with one attached hydrogen (secondary N) is 1. The predicted octanol–water partition coefficient (Wildman–Crippen LogP) is 3.44. The topological polar surface area (TPSA) is 38.3 Å². The Labute approximate surface area is 120 Å². The molecule has 1 aromatic carbocycles. The number of aryl methyl sites for hydroxylation is 1. The molecule has 0 saturated heterocycles. The summed E-state index contributed by atoms with van der Waals surface area (Å²) in [5.41, 5.74) is 0.913. The van der Waals surface area contributed by atoms with Crippen molar-refractivity contribution in [2.45, 2.75) is 20.0 Å². The zero-order chi connectivity index (χ0) is 13.7. The third-order valence-corrected chi connectivity index (χ3v) is 2.97. The highest BCUT2D eigenvalue weighted by Gasteiger charge is 2.14. The van der Waals surface area contributed by atoms with E-state index in [4.69, 9.17) is 16.3 Å². The number of benzene rings is 1. The summed E-state index contributed by atoms with van der Waals surface area (Å²) in [7, 11) is 0. The molecule has 1 atom stereocenters. The van der Waals surface area contributed by atoms with Crippen LogP contribution in [0.5, 0.6) is 5.75 Å². The summed E-state index contributed by atoms with van der Waals surface area (Å²) in [5.74, 6) is 0.431. The van der Waals surface area contributed by atoms with Crippen molar-refractivity contribution in [2.75, 3.05) is 6.54 Å². The van der Waals surface area contributed by atoms with Crippen molar-refractivity contribution in [3.8, 4) is 5.75 Å². The van der Waals surface area contributed by atoms with Crippen molar-refractivity contribution >= 4 is 33.4 Å². The molecule has 0 fully saturated rings. The number of rotatable bonds is 5. The minimum absolute atomic E-state index is 0.191. The van der Waals surface area contributed by atoms with Crippen LogP contribution in [0.2, 0.25) is 5.02 Å². The molecule has 1 rings (SSSR count). The van der Waals surface area contributed by atoms with E-state index >= 15 is 0 Å². The van der Waals surface area contributed by atoms with Gasteiger partial charge in [-0.25, -0.2) is 0 Å². The molecule has 0 unspecified atom stereocenters. The highest BCUT2D eigenvalue weighted by Crippen LogP contribution is 2.21. The van der Waals surface area contributed by atoms with Crippen LogP contribution < -0.4 is 10.1 Å². The molecule has 0 saturated carbocycles. The molecule has 0 bridgehead atoms. The van der Waals surface area contributed by atoms with E-state index in [0.717, 1.165) is 5.56 Å². The lowest BCUT2D eigenvalue weighted by Gasteiger charge is -2.15. The number of ether oxygens (including phenoxy) is 1. The van der Waals surface area contributed by atoms with Gasteiger partial charge < -0.3 is 10.1 Å². The molecular weight excluding hydrogens is 318 g/mol. The Balaban J connectivity index is 2.58. The first-order chi connectivity index (χ1) is 8.40. The van der Waals surface area contributed by atoms with Crippen molar-refractivity contribution in [2.24, 2.45) is 0 Å². The third-order valence-electron chi connectivity index (χ3n) is 2.27. The molecule has 1 N–H and O–H groups in total. The van der Waals surface area contributed by atoms with Crippen LogP contribution in [0.15, 0.2) is 29.3 Å². The van der Waals surface area contributed by atoms with Crippen molar-refractivity contribution in [3.63, 3.8) is 0 Å². The molecule has 0 heterocycles. The first kappa shape index (κ1) is 15.1. The van der Waals surface area contributed by atoms with Crippen molar-refractivity contribution < 1.29 is 9.53 Å². The molecule has 1 aromatic rings. The van der Waals surface area contributed by atoms with Crippen LogP contribution in [0.1, 0.15) is 12.5 Å². The first-order valence-corrected chi connectivity index (χ1v) is 6.61. The Morgan fingerprint density at radius 1 is 1.61 bits per heavy atom. The van der Waals surface area contributed by atoms with Crippen molar-refractivity contribution in [3.05, 3.63) is 39.8 Å². The number of amides is 1. The SMILES string of the molecule is C=C(Br)CNC(=O)[C@@H](C)Oc1ccc(Cl)c(C)c1. The fourth-order valence-electron chi connectivity index (χ4n) is 1.27. The van der Waals surface area contributed by atoms with Gasteiger partial charge in [0.05, 0.1) is 0 Å². The van der Waals surface area contributed by atoms with Crippen molar-refractivity contribution in [1.29, 1.82) is 0 Å². The highest BCUT2D eigenvalue weighted by molar-refractivity contribution is 9.11. The van der Waals surface area contributed by atoms with Crippen LogP contribution in [0.3, 0.4) is 0 Å². The van der Waals surface area contributed by atoms with Crippen LogP contribution in [-0.4, -0.2) is 18.6 Å². The summed E-state index contributed by atoms with van der Waals surface area (Å²) in [6.45, 7) is 7.59. The second-order valence-electron chi connectivity index (χ2n) is 3.91. The van der Waals surface area contributed by atoms with E-state index in [1.807, 2.05) is 6.92 Å². The standard InChI is InChI=1S/C13H15BrClNO2/c1-8-6-11(4-5-12(8)15)18-10(3)13(17)16-7-9(2)14/h4-6,10H,2,7H2,1,3H3,(H,16,17)/t10-/m1/s1. The van der Waals surface area contributed by atoms with Gasteiger partial charge in [-0.05, 0) is 37.6 Å². The second-order valence-corrected chi connectivity index (χ2v) is 5.43. The number of carbonyl (C=O) groups is 1. The lowest BCUT2D eigenvalue weighted by molar-refractivity contribution is -0.127. The van der Waals surface area contributed by atoms with E-state index in [1.165, 1.54) is 0 Å². The molecule has 0 radical (unpaired) electrons. The van der Waals surface area contributed by atoms with Crippen LogP contribution in [-0.2, 0) is 4.79 Å². The summed E-state index contributed by atoms with van der Waals surface area (Å²) in [5, 5.41) is 3.37.